The van der Waals surface area contributed by atoms with Crippen molar-refractivity contribution >= 4 is 19.8 Å². The van der Waals surface area contributed by atoms with E-state index >= 15 is 0 Å². The number of ether oxygens (including phenoxy) is 2. The van der Waals surface area contributed by atoms with E-state index in [2.05, 4.69) is 25.3 Å². The van der Waals surface area contributed by atoms with E-state index in [0.717, 1.165) is 31.6 Å². The van der Waals surface area contributed by atoms with Crippen molar-refractivity contribution in [2.75, 3.05) is 13.2 Å². The molecule has 0 aliphatic heterocycles. The van der Waals surface area contributed by atoms with Gasteiger partial charge >= 0.3 is 19.8 Å². The molecule has 0 saturated heterocycles. The number of phosphoric ester groups is 1. The van der Waals surface area contributed by atoms with Gasteiger partial charge in [0.05, 0.1) is 18.8 Å². The van der Waals surface area contributed by atoms with Gasteiger partial charge in [-0.3, -0.25) is 14.1 Å². The standard InChI is InChI=1S/C49H85O10P/c1-4-5-28-36-45(50)37-30-24-20-18-21-25-31-38-46(51)39-32-27-34-40-48(52)57-42-47(43-58-60(54,55)56)59-49(53)41-33-26-22-17-15-13-11-9-7-6-8-10-12-14-16-19-23-29-35-44(2)3/h5,20-21,24-25,28,30-32,37-39,44-47,50-51H,4,6-19,22-23,26-27,29,33-36,40-43H2,1-3H3,(H2,54,55,56)/b24-20-,25-21-,28-5-,37-30+,38-31+,39-32-/t45-,46-,47-/m1/s1. The highest BCUT2D eigenvalue weighted by molar-refractivity contribution is 7.46. The third-order valence-electron chi connectivity index (χ3n) is 9.84. The van der Waals surface area contributed by atoms with Gasteiger partial charge < -0.3 is 29.5 Å². The maximum Gasteiger partial charge on any atom is 0.469 e. The first-order valence-electron chi connectivity index (χ1n) is 23.3. The number of rotatable bonds is 41. The Labute approximate surface area is 365 Å². The highest BCUT2D eigenvalue weighted by atomic mass is 31.2. The van der Waals surface area contributed by atoms with Crippen LogP contribution >= 0.6 is 7.82 Å². The monoisotopic (exact) mass is 865 g/mol. The Hall–Kier alpha value is -2.59. The quantitative estimate of drug-likeness (QED) is 0.0153. The van der Waals surface area contributed by atoms with Gasteiger partial charge in [-0.1, -0.05) is 209 Å². The number of allylic oxidation sites excluding steroid dienone is 8. The van der Waals surface area contributed by atoms with Crippen LogP contribution in [0.25, 0.3) is 0 Å². The van der Waals surface area contributed by atoms with E-state index in [1.165, 1.54) is 96.3 Å². The number of carbonyl (C=O) groups excluding carboxylic acids is 2. The summed E-state index contributed by atoms with van der Waals surface area (Å²) in [6.45, 7) is 5.70. The van der Waals surface area contributed by atoms with Gasteiger partial charge in [-0.05, 0) is 44.4 Å². The zero-order valence-electron chi connectivity index (χ0n) is 37.7. The smallest absolute Gasteiger partial charge is 0.462 e. The van der Waals surface area contributed by atoms with Crippen LogP contribution in [0.5, 0.6) is 0 Å². The molecule has 0 aliphatic rings. The van der Waals surface area contributed by atoms with Gasteiger partial charge in [0.15, 0.2) is 6.10 Å². The van der Waals surface area contributed by atoms with Crippen LogP contribution in [0.2, 0.25) is 0 Å². The molecule has 0 amide bonds. The van der Waals surface area contributed by atoms with Crippen molar-refractivity contribution in [3.8, 4) is 0 Å². The highest BCUT2D eigenvalue weighted by Crippen LogP contribution is 2.36. The highest BCUT2D eigenvalue weighted by Gasteiger charge is 2.23. The van der Waals surface area contributed by atoms with Crippen LogP contribution in [0, 0.1) is 5.92 Å². The Morgan fingerprint density at radius 1 is 0.583 bits per heavy atom. The molecule has 0 saturated carbocycles. The van der Waals surface area contributed by atoms with Crippen molar-refractivity contribution < 1.29 is 48.2 Å². The maximum atomic E-state index is 12.5. The van der Waals surface area contributed by atoms with Crippen LogP contribution in [-0.4, -0.2) is 63.5 Å². The van der Waals surface area contributed by atoms with Gasteiger partial charge in [-0.15, -0.1) is 0 Å². The van der Waals surface area contributed by atoms with E-state index in [4.69, 9.17) is 19.3 Å². The minimum Gasteiger partial charge on any atom is -0.462 e. The number of carbonyl (C=O) groups is 2. The van der Waals surface area contributed by atoms with Gasteiger partial charge in [0.2, 0.25) is 0 Å². The second kappa shape index (κ2) is 41.7. The minimum absolute atomic E-state index is 0.0790. The number of unbranched alkanes of at least 4 members (excludes halogenated alkanes) is 18. The lowest BCUT2D eigenvalue weighted by molar-refractivity contribution is -0.161. The first-order chi connectivity index (χ1) is 28.9. The number of hydrogen-bond donors (Lipinski definition) is 4. The van der Waals surface area contributed by atoms with E-state index in [0.29, 0.717) is 32.1 Å². The molecule has 0 aromatic rings. The van der Waals surface area contributed by atoms with Gasteiger partial charge in [-0.25, -0.2) is 4.57 Å². The van der Waals surface area contributed by atoms with Gasteiger partial charge in [-0.2, -0.15) is 0 Å². The summed E-state index contributed by atoms with van der Waals surface area (Å²) in [6.07, 6.45) is 47.0. The van der Waals surface area contributed by atoms with Crippen molar-refractivity contribution in [3.63, 3.8) is 0 Å². The minimum atomic E-state index is -4.81. The first-order valence-corrected chi connectivity index (χ1v) is 24.9. The molecular formula is C49H85O10P. The molecule has 3 atom stereocenters. The number of hydrogen-bond acceptors (Lipinski definition) is 8. The second-order valence-corrected chi connectivity index (χ2v) is 17.5. The maximum absolute atomic E-state index is 12.5. The van der Waals surface area contributed by atoms with Crippen LogP contribution in [0.4, 0.5) is 0 Å². The second-order valence-electron chi connectivity index (χ2n) is 16.2. The molecule has 0 bridgehead atoms. The van der Waals surface area contributed by atoms with Gasteiger partial charge in [0.1, 0.15) is 6.61 Å². The summed E-state index contributed by atoms with van der Waals surface area (Å²) in [5, 5.41) is 19.9. The molecule has 0 heterocycles. The molecular weight excluding hydrogens is 780 g/mol. The molecule has 0 fully saturated rings. The number of esters is 2. The van der Waals surface area contributed by atoms with Crippen LogP contribution in [0.3, 0.4) is 0 Å². The molecule has 4 N–H and O–H groups in total. The summed E-state index contributed by atoms with van der Waals surface area (Å²) in [6, 6.07) is 0. The first kappa shape index (κ1) is 57.4. The summed E-state index contributed by atoms with van der Waals surface area (Å²) in [7, 11) is -4.81. The molecule has 0 rings (SSSR count). The Bertz CT molecular complexity index is 1250. The molecule has 0 radical (unpaired) electrons. The molecule has 0 unspecified atom stereocenters. The van der Waals surface area contributed by atoms with Crippen molar-refractivity contribution in [1.29, 1.82) is 0 Å². The van der Waals surface area contributed by atoms with Crippen molar-refractivity contribution in [1.82, 2.24) is 0 Å². The topological polar surface area (TPSA) is 160 Å². The largest absolute Gasteiger partial charge is 0.469 e. The van der Waals surface area contributed by atoms with E-state index < -0.39 is 44.7 Å². The lowest BCUT2D eigenvalue weighted by atomic mass is 10.0. The van der Waals surface area contributed by atoms with Crippen LogP contribution in [0.15, 0.2) is 72.9 Å². The molecule has 10 nitrogen and oxygen atoms in total. The van der Waals surface area contributed by atoms with E-state index in [1.807, 2.05) is 42.5 Å². The van der Waals surface area contributed by atoms with E-state index in [1.54, 1.807) is 30.4 Å². The summed E-state index contributed by atoms with van der Waals surface area (Å²) in [4.78, 5) is 43.0. The van der Waals surface area contributed by atoms with Crippen LogP contribution in [-0.2, 0) is 28.2 Å². The fraction of sp³-hybridized carbons (Fsp3) is 0.714. The Morgan fingerprint density at radius 2 is 1.10 bits per heavy atom. The van der Waals surface area contributed by atoms with E-state index in [9.17, 15) is 24.4 Å². The van der Waals surface area contributed by atoms with E-state index in [-0.39, 0.29) is 19.4 Å². The lowest BCUT2D eigenvalue weighted by Gasteiger charge is -2.18. The third-order valence-corrected chi connectivity index (χ3v) is 10.3. The molecule has 11 heteroatoms. The van der Waals surface area contributed by atoms with Crippen LogP contribution in [0.1, 0.15) is 188 Å². The summed E-state index contributed by atoms with van der Waals surface area (Å²) in [5.74, 6) is -0.228. The molecule has 0 aromatic carbocycles. The molecule has 0 spiro atoms. The number of aliphatic hydroxyl groups excluding tert-OH is 2. The van der Waals surface area contributed by atoms with Crippen molar-refractivity contribution in [3.05, 3.63) is 72.9 Å². The summed E-state index contributed by atoms with van der Waals surface area (Å²) < 4.78 is 26.3. The predicted molar refractivity (Wildman–Crippen MR) is 246 cm³/mol. The Morgan fingerprint density at radius 3 is 1.63 bits per heavy atom. The normalized spacial score (nSPS) is 14.3. The van der Waals surface area contributed by atoms with Crippen molar-refractivity contribution in [2.45, 2.75) is 206 Å². The molecule has 346 valence electrons. The fourth-order valence-electron chi connectivity index (χ4n) is 6.36. The average Bonchev–Trinajstić information content (AvgIpc) is 3.20. The summed E-state index contributed by atoms with van der Waals surface area (Å²) >= 11 is 0. The molecule has 0 aromatic heterocycles. The third kappa shape index (κ3) is 44.9. The molecule has 0 aliphatic carbocycles. The number of aliphatic hydroxyl groups is 2. The predicted octanol–water partition coefficient (Wildman–Crippen LogP) is 12.4. The number of phosphoric acid groups is 1. The van der Waals surface area contributed by atoms with Gasteiger partial charge in [0.25, 0.3) is 0 Å². The Kier molecular flexibility index (Phi) is 39.9. The molecule has 60 heavy (non-hydrogen) atoms. The fourth-order valence-corrected chi connectivity index (χ4v) is 6.72. The van der Waals surface area contributed by atoms with Crippen LogP contribution < -0.4 is 0 Å². The average molecular weight is 865 g/mol. The summed E-state index contributed by atoms with van der Waals surface area (Å²) in [5.41, 5.74) is 0. The lowest BCUT2D eigenvalue weighted by Crippen LogP contribution is -2.29. The zero-order chi connectivity index (χ0) is 44.4. The van der Waals surface area contributed by atoms with Gasteiger partial charge in [0, 0.05) is 12.8 Å². The zero-order valence-corrected chi connectivity index (χ0v) is 38.6. The Balaban J connectivity index is 4.08. The SMILES string of the molecule is CC/C=C\C[C@@H](O)/C=C/C=C\C/C=C\C=C\[C@@H](O)/C=C\CCCC(=O)OC[C@H](COP(=O)(O)O)OC(=O)CCCCCCCCCCCCCCCCCCCCC(C)C. The van der Waals surface area contributed by atoms with Crippen molar-refractivity contribution in [2.24, 2.45) is 5.92 Å².